The number of rotatable bonds is 11. The predicted molar refractivity (Wildman–Crippen MR) is 164 cm³/mol. The van der Waals surface area contributed by atoms with Gasteiger partial charge >= 0.3 is 11.7 Å². The number of carbonyl (C=O) groups excluding carboxylic acids is 2. The zero-order valence-corrected chi connectivity index (χ0v) is 24.0. The normalized spacial score (nSPS) is 12.4. The average molecular weight is 571 g/mol. The Labute approximate surface area is 243 Å². The molecule has 212 valence electrons. The van der Waals surface area contributed by atoms with Gasteiger partial charge in [0.15, 0.2) is 0 Å². The van der Waals surface area contributed by atoms with Crippen LogP contribution in [0.5, 0.6) is 0 Å². The number of fused-ring (bicyclic) bond motifs is 2. The Kier molecular flexibility index (Phi) is 9.41. The highest BCUT2D eigenvalue weighted by molar-refractivity contribution is 7.99. The minimum atomic E-state index is -0.634. The van der Waals surface area contributed by atoms with Crippen molar-refractivity contribution < 1.29 is 18.7 Å². The van der Waals surface area contributed by atoms with Crippen molar-refractivity contribution in [3.05, 3.63) is 99.9 Å². The summed E-state index contributed by atoms with van der Waals surface area (Å²) >= 11 is 1.87. The molecular weight excluding hydrogens is 536 g/mol. The van der Waals surface area contributed by atoms with Gasteiger partial charge in [0.1, 0.15) is 12.2 Å². The van der Waals surface area contributed by atoms with Crippen molar-refractivity contribution >= 4 is 46.1 Å². The number of hydrogen-bond acceptors (Lipinski definition) is 6. The number of anilines is 2. The van der Waals surface area contributed by atoms with Crippen molar-refractivity contribution in [2.24, 2.45) is 0 Å². The van der Waals surface area contributed by atoms with Gasteiger partial charge in [0.05, 0.1) is 5.56 Å². The topological polar surface area (TPSA) is 88.9 Å². The minimum Gasteiger partial charge on any atom is -0.444 e. The third-order valence-corrected chi connectivity index (χ3v) is 8.22. The number of amides is 2. The molecule has 5 rings (SSSR count). The molecule has 3 aromatic carbocycles. The van der Waals surface area contributed by atoms with Crippen LogP contribution in [0, 0.1) is 0 Å². The Hall–Kier alpha value is -4.04. The van der Waals surface area contributed by atoms with Gasteiger partial charge in [-0.1, -0.05) is 62.9 Å². The molecule has 0 saturated heterocycles. The first-order valence-electron chi connectivity index (χ1n) is 14.1. The summed E-state index contributed by atoms with van der Waals surface area (Å²) in [4.78, 5) is 41.4. The lowest BCUT2D eigenvalue weighted by molar-refractivity contribution is 0.0990. The van der Waals surface area contributed by atoms with E-state index in [1.54, 1.807) is 17.0 Å². The van der Waals surface area contributed by atoms with Gasteiger partial charge in [-0.25, -0.2) is 9.59 Å². The van der Waals surface area contributed by atoms with Crippen molar-refractivity contribution in [2.75, 3.05) is 22.5 Å². The number of ether oxygens (including phenoxy) is 1. The molecule has 0 aliphatic carbocycles. The van der Waals surface area contributed by atoms with E-state index in [9.17, 15) is 14.4 Å². The first kappa shape index (κ1) is 28.5. The largest absolute Gasteiger partial charge is 0.444 e. The number of benzene rings is 3. The molecule has 8 heteroatoms. The quantitative estimate of drug-likeness (QED) is 0.112. The lowest BCUT2D eigenvalue weighted by Crippen LogP contribution is -2.29. The first-order valence-corrected chi connectivity index (χ1v) is 15.1. The molecule has 2 heterocycles. The van der Waals surface area contributed by atoms with E-state index in [0.29, 0.717) is 17.6 Å². The molecule has 0 atom stereocenters. The van der Waals surface area contributed by atoms with Crippen LogP contribution in [0.15, 0.2) is 86.9 Å². The van der Waals surface area contributed by atoms with Crippen LogP contribution in [0.25, 0.3) is 11.0 Å². The highest BCUT2D eigenvalue weighted by Gasteiger charge is 2.27. The Balaban J connectivity index is 1.26. The number of carbonyl (C=O) groups is 2. The lowest BCUT2D eigenvalue weighted by atomic mass is 10.1. The van der Waals surface area contributed by atoms with Crippen LogP contribution in [-0.2, 0) is 17.8 Å². The maximum Gasteiger partial charge on any atom is 0.411 e. The van der Waals surface area contributed by atoms with Crippen LogP contribution in [-0.4, -0.2) is 24.3 Å². The summed E-state index contributed by atoms with van der Waals surface area (Å²) in [5, 5.41) is 3.15. The second-order valence-corrected chi connectivity index (χ2v) is 11.3. The molecule has 0 radical (unpaired) electrons. The van der Waals surface area contributed by atoms with Crippen molar-refractivity contribution in [2.45, 2.75) is 57.0 Å². The number of hydrogen-bond donors (Lipinski definition) is 1. The van der Waals surface area contributed by atoms with Gasteiger partial charge in [-0.2, -0.15) is 0 Å². The smallest absolute Gasteiger partial charge is 0.411 e. The van der Waals surface area contributed by atoms with E-state index in [-0.39, 0.29) is 23.7 Å². The first-order chi connectivity index (χ1) is 20.0. The fourth-order valence-electron chi connectivity index (χ4n) is 5.01. The lowest BCUT2D eigenvalue weighted by Gasteiger charge is -2.18. The van der Waals surface area contributed by atoms with Crippen LogP contribution in [0.4, 0.5) is 16.2 Å². The summed E-state index contributed by atoms with van der Waals surface area (Å²) in [6.45, 7) is 2.91. The number of nitrogens with one attached hydrogen (secondary N) is 1. The van der Waals surface area contributed by atoms with Gasteiger partial charge in [-0.15, -0.1) is 11.8 Å². The standard InChI is InChI=1S/C33H34N2O5S/c1-2-3-4-5-9-18-41-26-13-15-29-24(19-26)16-17-35(29)32(37)28-21-31(36)40-30-20-25(12-14-27(28)30)34-33(38)39-22-23-10-7-6-8-11-23/h6-8,10-15,19-21H,2-5,9,16-18,22H2,1H3,(H,34,38). The van der Waals surface area contributed by atoms with Gasteiger partial charge in [-0.05, 0) is 60.1 Å². The second-order valence-electron chi connectivity index (χ2n) is 10.1. The molecular formula is C33H34N2O5S. The van der Waals surface area contributed by atoms with Gasteiger partial charge in [0.2, 0.25) is 0 Å². The van der Waals surface area contributed by atoms with Crippen molar-refractivity contribution in [3.8, 4) is 0 Å². The number of nitrogens with zero attached hydrogens (tertiary/aromatic N) is 1. The summed E-state index contributed by atoms with van der Waals surface area (Å²) < 4.78 is 10.7. The van der Waals surface area contributed by atoms with E-state index < -0.39 is 11.7 Å². The molecule has 2 amide bonds. The van der Waals surface area contributed by atoms with E-state index in [1.165, 1.54) is 49.1 Å². The molecule has 0 fully saturated rings. The Morgan fingerprint density at radius 1 is 0.976 bits per heavy atom. The molecule has 7 nitrogen and oxygen atoms in total. The summed E-state index contributed by atoms with van der Waals surface area (Å²) in [7, 11) is 0. The van der Waals surface area contributed by atoms with Crippen LogP contribution < -0.4 is 15.8 Å². The molecule has 1 aromatic heterocycles. The number of unbranched alkanes of at least 4 members (excludes halogenated alkanes) is 4. The minimum absolute atomic E-state index is 0.129. The molecule has 0 spiro atoms. The van der Waals surface area contributed by atoms with E-state index in [4.69, 9.17) is 9.15 Å². The zero-order chi connectivity index (χ0) is 28.6. The summed E-state index contributed by atoms with van der Waals surface area (Å²) in [6.07, 6.45) is 6.46. The maximum absolute atomic E-state index is 13.7. The highest BCUT2D eigenvalue weighted by atomic mass is 32.2. The van der Waals surface area contributed by atoms with Crippen molar-refractivity contribution in [3.63, 3.8) is 0 Å². The van der Waals surface area contributed by atoms with Crippen LogP contribution in [0.2, 0.25) is 0 Å². The molecule has 41 heavy (non-hydrogen) atoms. The van der Waals surface area contributed by atoms with E-state index in [1.807, 2.05) is 48.2 Å². The Morgan fingerprint density at radius 3 is 2.63 bits per heavy atom. The molecule has 1 aliphatic rings. The molecule has 4 aromatic rings. The third-order valence-electron chi connectivity index (χ3n) is 7.14. The van der Waals surface area contributed by atoms with Crippen LogP contribution >= 0.6 is 11.8 Å². The maximum atomic E-state index is 13.7. The summed E-state index contributed by atoms with van der Waals surface area (Å²) in [5.74, 6) is 0.847. The fourth-order valence-corrected chi connectivity index (χ4v) is 5.99. The summed E-state index contributed by atoms with van der Waals surface area (Å²) in [6, 6.07) is 21.7. The second kappa shape index (κ2) is 13.5. The van der Waals surface area contributed by atoms with Crippen LogP contribution in [0.3, 0.4) is 0 Å². The van der Waals surface area contributed by atoms with Crippen LogP contribution in [0.1, 0.15) is 60.5 Å². The van der Waals surface area contributed by atoms with Gasteiger partial charge in [0, 0.05) is 40.3 Å². The molecule has 1 aliphatic heterocycles. The van der Waals surface area contributed by atoms with Gasteiger partial charge < -0.3 is 14.1 Å². The van der Waals surface area contributed by atoms with E-state index >= 15 is 0 Å². The zero-order valence-electron chi connectivity index (χ0n) is 23.2. The van der Waals surface area contributed by atoms with Gasteiger partial charge in [0.25, 0.3) is 5.91 Å². The Bertz CT molecular complexity index is 1580. The van der Waals surface area contributed by atoms with Crippen molar-refractivity contribution in [1.29, 1.82) is 0 Å². The SMILES string of the molecule is CCCCCCCSc1ccc2c(c1)CCN2C(=O)c1cc(=O)oc2cc(NC(=O)OCc3ccccc3)ccc12. The van der Waals surface area contributed by atoms with Crippen molar-refractivity contribution in [1.82, 2.24) is 0 Å². The molecule has 0 unspecified atom stereocenters. The number of thioether (sulfide) groups is 1. The monoisotopic (exact) mass is 570 g/mol. The Morgan fingerprint density at radius 2 is 1.80 bits per heavy atom. The molecule has 0 saturated carbocycles. The fraction of sp³-hybridized carbons (Fsp3) is 0.303. The molecule has 1 N–H and O–H groups in total. The van der Waals surface area contributed by atoms with E-state index in [0.717, 1.165) is 29.0 Å². The average Bonchev–Trinajstić information content (AvgIpc) is 3.41. The molecule has 0 bridgehead atoms. The van der Waals surface area contributed by atoms with Gasteiger partial charge in [-0.3, -0.25) is 10.1 Å². The highest BCUT2D eigenvalue weighted by Crippen LogP contribution is 2.34. The van der Waals surface area contributed by atoms with E-state index in [2.05, 4.69) is 24.4 Å². The third kappa shape index (κ3) is 7.19. The summed E-state index contributed by atoms with van der Waals surface area (Å²) in [5.41, 5.74) is 3.14. The predicted octanol–water partition coefficient (Wildman–Crippen LogP) is 7.81.